The van der Waals surface area contributed by atoms with Gasteiger partial charge in [0, 0.05) is 6.54 Å². The van der Waals surface area contributed by atoms with E-state index in [1.54, 1.807) is 4.90 Å². The molecule has 2 N–H and O–H groups in total. The van der Waals surface area contributed by atoms with E-state index >= 15 is 0 Å². The molecular formula is C11H21F3N2. The maximum atomic E-state index is 12.8. The third-order valence-electron chi connectivity index (χ3n) is 3.39. The summed E-state index contributed by atoms with van der Waals surface area (Å²) in [6.07, 6.45) is -1.24. The molecule has 0 amide bonds. The lowest BCUT2D eigenvalue weighted by molar-refractivity contribution is -0.189. The van der Waals surface area contributed by atoms with Crippen molar-refractivity contribution < 1.29 is 13.2 Å². The molecule has 1 saturated heterocycles. The van der Waals surface area contributed by atoms with Crippen LogP contribution in [0.2, 0.25) is 0 Å². The monoisotopic (exact) mass is 238 g/mol. The van der Waals surface area contributed by atoms with Gasteiger partial charge in [0.05, 0.1) is 0 Å². The summed E-state index contributed by atoms with van der Waals surface area (Å²) < 4.78 is 38.5. The standard InChI is InChI=1S/C11H21F3N2/c1-2-9-4-3-7-16(8-9)10(5-6-15)11(12,13)14/h9-10H,2-8,15H2,1H3. The van der Waals surface area contributed by atoms with Gasteiger partial charge in [-0.05, 0) is 38.3 Å². The Bertz CT molecular complexity index is 206. The number of halogens is 3. The Morgan fingerprint density at radius 3 is 2.62 bits per heavy atom. The Balaban J connectivity index is 2.63. The molecule has 0 aromatic carbocycles. The maximum Gasteiger partial charge on any atom is 0.404 e. The number of nitrogens with two attached hydrogens (primary N) is 1. The van der Waals surface area contributed by atoms with E-state index in [0.717, 1.165) is 19.3 Å². The first-order valence-electron chi connectivity index (χ1n) is 5.99. The molecular weight excluding hydrogens is 217 g/mol. The van der Waals surface area contributed by atoms with E-state index in [2.05, 4.69) is 0 Å². The predicted octanol–water partition coefficient (Wildman–Crippen LogP) is 2.39. The SMILES string of the molecule is CCC1CCCN(C(CCN)C(F)(F)F)C1. The lowest BCUT2D eigenvalue weighted by Crippen LogP contribution is -2.50. The van der Waals surface area contributed by atoms with Gasteiger partial charge < -0.3 is 5.73 Å². The quantitative estimate of drug-likeness (QED) is 0.814. The maximum absolute atomic E-state index is 12.8. The number of hydrogen-bond donors (Lipinski definition) is 1. The van der Waals surface area contributed by atoms with Crippen molar-refractivity contribution in [1.82, 2.24) is 4.90 Å². The molecule has 1 aliphatic heterocycles. The second-order valence-electron chi connectivity index (χ2n) is 4.55. The summed E-state index contributed by atoms with van der Waals surface area (Å²) in [6, 6.07) is -1.34. The van der Waals surface area contributed by atoms with E-state index in [1.165, 1.54) is 0 Å². The summed E-state index contributed by atoms with van der Waals surface area (Å²) >= 11 is 0. The van der Waals surface area contributed by atoms with Gasteiger partial charge in [0.1, 0.15) is 6.04 Å². The van der Waals surface area contributed by atoms with Gasteiger partial charge in [0.15, 0.2) is 0 Å². The fourth-order valence-electron chi connectivity index (χ4n) is 2.42. The molecule has 0 spiro atoms. The lowest BCUT2D eigenvalue weighted by atomic mass is 9.94. The first kappa shape index (κ1) is 13.8. The molecule has 0 aromatic heterocycles. The van der Waals surface area contributed by atoms with Crippen LogP contribution in [-0.4, -0.2) is 36.8 Å². The molecule has 1 fully saturated rings. The van der Waals surface area contributed by atoms with Gasteiger partial charge >= 0.3 is 6.18 Å². The fraction of sp³-hybridized carbons (Fsp3) is 1.00. The zero-order valence-corrected chi connectivity index (χ0v) is 9.76. The van der Waals surface area contributed by atoms with Gasteiger partial charge in [-0.15, -0.1) is 0 Å². The molecule has 2 unspecified atom stereocenters. The van der Waals surface area contributed by atoms with Crippen molar-refractivity contribution in [2.75, 3.05) is 19.6 Å². The number of alkyl halides is 3. The van der Waals surface area contributed by atoms with E-state index in [0.29, 0.717) is 19.0 Å². The number of likely N-dealkylation sites (tertiary alicyclic amines) is 1. The molecule has 0 aromatic rings. The fourth-order valence-corrected chi connectivity index (χ4v) is 2.42. The second kappa shape index (κ2) is 5.87. The van der Waals surface area contributed by atoms with Gasteiger partial charge in [-0.25, -0.2) is 0 Å². The first-order chi connectivity index (χ1) is 7.49. The van der Waals surface area contributed by atoms with E-state index < -0.39 is 12.2 Å². The molecule has 1 aliphatic rings. The third-order valence-corrected chi connectivity index (χ3v) is 3.39. The molecule has 16 heavy (non-hydrogen) atoms. The van der Waals surface area contributed by atoms with Crippen LogP contribution >= 0.6 is 0 Å². The number of piperidine rings is 1. The predicted molar refractivity (Wildman–Crippen MR) is 58.1 cm³/mol. The number of nitrogens with zero attached hydrogens (tertiary/aromatic N) is 1. The Labute approximate surface area is 95.0 Å². The van der Waals surface area contributed by atoms with E-state index in [-0.39, 0.29) is 13.0 Å². The number of rotatable bonds is 4. The highest BCUT2D eigenvalue weighted by Crippen LogP contribution is 2.31. The third kappa shape index (κ3) is 3.63. The van der Waals surface area contributed by atoms with E-state index in [1.807, 2.05) is 6.92 Å². The molecule has 0 radical (unpaired) electrons. The minimum Gasteiger partial charge on any atom is -0.330 e. The molecule has 0 aliphatic carbocycles. The van der Waals surface area contributed by atoms with Crippen molar-refractivity contribution >= 4 is 0 Å². The van der Waals surface area contributed by atoms with Crippen molar-refractivity contribution in [3.8, 4) is 0 Å². The Morgan fingerprint density at radius 2 is 2.12 bits per heavy atom. The number of hydrogen-bond acceptors (Lipinski definition) is 2. The highest BCUT2D eigenvalue weighted by atomic mass is 19.4. The van der Waals surface area contributed by atoms with Gasteiger partial charge in [0.25, 0.3) is 0 Å². The average molecular weight is 238 g/mol. The zero-order valence-electron chi connectivity index (χ0n) is 9.76. The van der Waals surface area contributed by atoms with E-state index in [4.69, 9.17) is 5.73 Å². The Hall–Kier alpha value is -0.290. The summed E-state index contributed by atoms with van der Waals surface area (Å²) in [7, 11) is 0. The molecule has 1 heterocycles. The van der Waals surface area contributed by atoms with Gasteiger partial charge in [-0.1, -0.05) is 13.3 Å². The minimum atomic E-state index is -4.14. The molecule has 96 valence electrons. The van der Waals surface area contributed by atoms with Crippen LogP contribution in [0.4, 0.5) is 13.2 Å². The second-order valence-corrected chi connectivity index (χ2v) is 4.55. The van der Waals surface area contributed by atoms with Gasteiger partial charge in [0.2, 0.25) is 0 Å². The van der Waals surface area contributed by atoms with Gasteiger partial charge in [-0.2, -0.15) is 13.2 Å². The highest BCUT2D eigenvalue weighted by molar-refractivity contribution is 4.83. The van der Waals surface area contributed by atoms with Crippen LogP contribution < -0.4 is 5.73 Å². The van der Waals surface area contributed by atoms with E-state index in [9.17, 15) is 13.2 Å². The topological polar surface area (TPSA) is 29.3 Å². The van der Waals surface area contributed by atoms with Crippen LogP contribution in [-0.2, 0) is 0 Å². The lowest BCUT2D eigenvalue weighted by Gasteiger charge is -2.38. The molecule has 0 bridgehead atoms. The van der Waals surface area contributed by atoms with Crippen molar-refractivity contribution in [2.45, 2.75) is 44.8 Å². The van der Waals surface area contributed by atoms with Crippen molar-refractivity contribution in [2.24, 2.45) is 11.7 Å². The highest BCUT2D eigenvalue weighted by Gasteiger charge is 2.43. The summed E-state index contributed by atoms with van der Waals surface area (Å²) in [5, 5.41) is 0. The summed E-state index contributed by atoms with van der Waals surface area (Å²) in [5.41, 5.74) is 5.27. The largest absolute Gasteiger partial charge is 0.404 e. The van der Waals surface area contributed by atoms with Crippen molar-refractivity contribution in [1.29, 1.82) is 0 Å². The zero-order chi connectivity index (χ0) is 12.2. The van der Waals surface area contributed by atoms with Crippen molar-refractivity contribution in [3.05, 3.63) is 0 Å². The molecule has 5 heteroatoms. The normalized spacial score (nSPS) is 25.7. The Kier molecular flexibility index (Phi) is 5.05. The molecule has 1 rings (SSSR count). The molecule has 0 saturated carbocycles. The summed E-state index contributed by atoms with van der Waals surface area (Å²) in [6.45, 7) is 3.26. The van der Waals surface area contributed by atoms with Crippen LogP contribution in [0.25, 0.3) is 0 Å². The van der Waals surface area contributed by atoms with Gasteiger partial charge in [-0.3, -0.25) is 4.90 Å². The minimum absolute atomic E-state index is 0.0138. The molecule has 2 atom stereocenters. The molecule has 2 nitrogen and oxygen atoms in total. The van der Waals surface area contributed by atoms with Crippen LogP contribution in [0.3, 0.4) is 0 Å². The van der Waals surface area contributed by atoms with Crippen molar-refractivity contribution in [3.63, 3.8) is 0 Å². The van der Waals surface area contributed by atoms with Crippen LogP contribution in [0.15, 0.2) is 0 Å². The average Bonchev–Trinajstić information content (AvgIpc) is 2.24. The Morgan fingerprint density at radius 1 is 1.44 bits per heavy atom. The van der Waals surface area contributed by atoms with Crippen LogP contribution in [0.1, 0.15) is 32.6 Å². The van der Waals surface area contributed by atoms with Crippen LogP contribution in [0, 0.1) is 5.92 Å². The first-order valence-corrected chi connectivity index (χ1v) is 5.99. The summed E-state index contributed by atoms with van der Waals surface area (Å²) in [4.78, 5) is 1.57. The van der Waals surface area contributed by atoms with Crippen LogP contribution in [0.5, 0.6) is 0 Å². The summed E-state index contributed by atoms with van der Waals surface area (Å²) in [5.74, 6) is 0.413. The smallest absolute Gasteiger partial charge is 0.330 e.